The largest absolute Gasteiger partial charge is 0.282 e. The van der Waals surface area contributed by atoms with Crippen LogP contribution in [0.3, 0.4) is 0 Å². The molecule has 1 aromatic carbocycles. The molecular weight excluding hydrogens is 488 g/mol. The Kier molecular flexibility index (Phi) is 6.48. The molecule has 0 aliphatic carbocycles. The molecule has 34 heavy (non-hydrogen) atoms. The first-order chi connectivity index (χ1) is 16.5. The van der Waals surface area contributed by atoms with Crippen molar-refractivity contribution in [1.29, 1.82) is 0 Å². The number of hydrogen-bond donors (Lipinski definition) is 0. The maximum Gasteiger partial charge on any atom is 0.253 e. The Bertz CT molecular complexity index is 1400. The predicted molar refractivity (Wildman–Crippen MR) is 136 cm³/mol. The lowest BCUT2D eigenvalue weighted by Gasteiger charge is -2.28. The molecule has 1 unspecified atom stereocenters. The van der Waals surface area contributed by atoms with Gasteiger partial charge in [0.2, 0.25) is 5.91 Å². The second kappa shape index (κ2) is 9.53. The zero-order chi connectivity index (χ0) is 23.7. The number of carbonyl (C=O) groups excluding carboxylic acids is 1. The maximum atomic E-state index is 14.0. The van der Waals surface area contributed by atoms with Crippen molar-refractivity contribution in [3.8, 4) is 0 Å². The van der Waals surface area contributed by atoms with Crippen molar-refractivity contribution < 1.29 is 13.2 Å². The minimum absolute atomic E-state index is 0.251. The molecule has 10 heteroatoms. The molecule has 1 aliphatic rings. The van der Waals surface area contributed by atoms with Gasteiger partial charge in [0.15, 0.2) is 5.13 Å². The van der Waals surface area contributed by atoms with E-state index >= 15 is 0 Å². The van der Waals surface area contributed by atoms with Crippen molar-refractivity contribution in [3.05, 3.63) is 71.4 Å². The summed E-state index contributed by atoms with van der Waals surface area (Å²) in [5, 5.41) is 2.31. The van der Waals surface area contributed by atoms with Crippen LogP contribution in [-0.4, -0.2) is 41.2 Å². The summed E-state index contributed by atoms with van der Waals surface area (Å²) in [6, 6.07) is 12.3. The molecule has 4 heterocycles. The number of amides is 1. The van der Waals surface area contributed by atoms with Crippen LogP contribution in [0.4, 0.5) is 5.13 Å². The molecular formula is C24H24N4O3S3. The molecule has 176 valence electrons. The van der Waals surface area contributed by atoms with Gasteiger partial charge >= 0.3 is 0 Å². The van der Waals surface area contributed by atoms with E-state index in [0.717, 1.165) is 27.8 Å². The monoisotopic (exact) mass is 512 g/mol. The topological polar surface area (TPSA) is 83.5 Å². The van der Waals surface area contributed by atoms with Gasteiger partial charge in [-0.1, -0.05) is 42.5 Å². The van der Waals surface area contributed by atoms with E-state index in [9.17, 15) is 13.2 Å². The molecule has 3 aromatic heterocycles. The van der Waals surface area contributed by atoms with Gasteiger partial charge in [-0.3, -0.25) is 14.7 Å². The fourth-order valence-electron chi connectivity index (χ4n) is 4.29. The number of pyridine rings is 1. The molecule has 1 saturated heterocycles. The number of anilines is 1. The van der Waals surface area contributed by atoms with Gasteiger partial charge in [-0.05, 0) is 54.0 Å². The van der Waals surface area contributed by atoms with Crippen LogP contribution in [-0.2, 0) is 27.8 Å². The van der Waals surface area contributed by atoms with Crippen LogP contribution >= 0.6 is 22.7 Å². The van der Waals surface area contributed by atoms with Gasteiger partial charge in [0.05, 0.1) is 16.8 Å². The minimum atomic E-state index is -3.74. The highest BCUT2D eigenvalue weighted by atomic mass is 32.2. The van der Waals surface area contributed by atoms with Crippen LogP contribution in [0.25, 0.3) is 10.2 Å². The van der Waals surface area contributed by atoms with Gasteiger partial charge in [0.1, 0.15) is 10.3 Å². The van der Waals surface area contributed by atoms with Crippen LogP contribution in [0.1, 0.15) is 30.9 Å². The quantitative estimate of drug-likeness (QED) is 0.358. The Hall–Kier alpha value is -2.66. The summed E-state index contributed by atoms with van der Waals surface area (Å²) in [5.74, 6) is -0.251. The molecule has 0 N–H and O–H groups in total. The van der Waals surface area contributed by atoms with Crippen molar-refractivity contribution in [2.24, 2.45) is 0 Å². The summed E-state index contributed by atoms with van der Waals surface area (Å²) >= 11 is 2.63. The summed E-state index contributed by atoms with van der Waals surface area (Å²) in [4.78, 5) is 24.6. The highest BCUT2D eigenvalue weighted by molar-refractivity contribution is 7.91. The molecule has 5 rings (SSSR count). The number of hydrogen-bond acceptors (Lipinski definition) is 7. The number of thiazole rings is 1. The molecule has 1 atom stereocenters. The Morgan fingerprint density at radius 1 is 1.21 bits per heavy atom. The maximum absolute atomic E-state index is 14.0. The summed E-state index contributed by atoms with van der Waals surface area (Å²) in [6.07, 6.45) is 5.37. The molecule has 7 nitrogen and oxygen atoms in total. The average Bonchev–Trinajstić information content (AvgIpc) is 3.62. The second-order valence-electron chi connectivity index (χ2n) is 8.11. The number of sulfonamides is 1. The zero-order valence-corrected chi connectivity index (χ0v) is 21.1. The van der Waals surface area contributed by atoms with E-state index in [-0.39, 0.29) is 16.7 Å². The van der Waals surface area contributed by atoms with Crippen LogP contribution in [0.5, 0.6) is 0 Å². The minimum Gasteiger partial charge on any atom is -0.282 e. The first-order valence-electron chi connectivity index (χ1n) is 11.1. The lowest BCUT2D eigenvalue weighted by Crippen LogP contribution is -2.47. The lowest BCUT2D eigenvalue weighted by atomic mass is 10.1. The van der Waals surface area contributed by atoms with Crippen LogP contribution in [0.2, 0.25) is 0 Å². The number of thiophene rings is 1. The number of carbonyl (C=O) groups is 1. The van der Waals surface area contributed by atoms with Crippen molar-refractivity contribution >= 4 is 54.0 Å². The number of benzene rings is 1. The molecule has 1 aliphatic heterocycles. The van der Waals surface area contributed by atoms with E-state index in [1.807, 2.05) is 30.3 Å². The number of aryl methyl sites for hydroxylation is 1. The molecule has 0 bridgehead atoms. The van der Waals surface area contributed by atoms with Gasteiger partial charge in [0.25, 0.3) is 10.0 Å². The predicted octanol–water partition coefficient (Wildman–Crippen LogP) is 4.70. The Labute approximate surface area is 206 Å². The third-order valence-electron chi connectivity index (χ3n) is 5.98. The molecule has 1 amide bonds. The summed E-state index contributed by atoms with van der Waals surface area (Å²) < 4.78 is 29.2. The standard InChI is InChI=1S/C24H24N4O3S3/c1-2-18-8-3-10-20-22(18)26-24(33-20)27(16-17-7-4-12-25-15-17)23(29)19-9-5-13-28(19)34(30,31)21-11-6-14-32-21/h3-4,6-8,10-12,14-15,19H,2,5,9,13,16H2,1H3. The van der Waals surface area contributed by atoms with Crippen molar-refractivity contribution in [2.75, 3.05) is 11.4 Å². The van der Waals surface area contributed by atoms with Gasteiger partial charge in [-0.2, -0.15) is 4.31 Å². The molecule has 0 radical (unpaired) electrons. The number of rotatable bonds is 7. The molecule has 0 spiro atoms. The van der Waals surface area contributed by atoms with E-state index in [1.165, 1.54) is 27.0 Å². The number of para-hydroxylation sites is 1. The molecule has 1 fully saturated rings. The van der Waals surface area contributed by atoms with E-state index in [2.05, 4.69) is 11.9 Å². The van der Waals surface area contributed by atoms with E-state index in [1.54, 1.807) is 34.8 Å². The zero-order valence-electron chi connectivity index (χ0n) is 18.6. The first-order valence-corrected chi connectivity index (χ1v) is 14.3. The third-order valence-corrected chi connectivity index (χ3v) is 10.3. The van der Waals surface area contributed by atoms with Gasteiger partial charge in [0, 0.05) is 18.9 Å². The van der Waals surface area contributed by atoms with Crippen molar-refractivity contribution in [1.82, 2.24) is 14.3 Å². The number of aromatic nitrogens is 2. The summed E-state index contributed by atoms with van der Waals surface area (Å²) in [6.45, 7) is 2.69. The fraction of sp³-hybridized carbons (Fsp3) is 0.292. The highest BCUT2D eigenvalue weighted by Crippen LogP contribution is 2.35. The Balaban J connectivity index is 1.54. The first kappa shape index (κ1) is 23.1. The normalized spacial score (nSPS) is 16.8. The molecule has 0 saturated carbocycles. The highest BCUT2D eigenvalue weighted by Gasteiger charge is 2.42. The Morgan fingerprint density at radius 2 is 2.09 bits per heavy atom. The average molecular weight is 513 g/mol. The summed E-state index contributed by atoms with van der Waals surface area (Å²) in [7, 11) is -3.74. The summed E-state index contributed by atoms with van der Waals surface area (Å²) in [5.41, 5.74) is 2.87. The van der Waals surface area contributed by atoms with Gasteiger partial charge < -0.3 is 0 Å². The van der Waals surface area contributed by atoms with Crippen molar-refractivity contribution in [3.63, 3.8) is 0 Å². The van der Waals surface area contributed by atoms with E-state index < -0.39 is 16.1 Å². The van der Waals surface area contributed by atoms with E-state index in [4.69, 9.17) is 4.98 Å². The van der Waals surface area contributed by atoms with Crippen LogP contribution in [0, 0.1) is 0 Å². The molecule has 4 aromatic rings. The third kappa shape index (κ3) is 4.26. The number of nitrogens with zero attached hydrogens (tertiary/aromatic N) is 4. The number of fused-ring (bicyclic) bond motifs is 1. The van der Waals surface area contributed by atoms with Gasteiger partial charge in [-0.25, -0.2) is 13.4 Å². The van der Waals surface area contributed by atoms with Crippen molar-refractivity contribution in [2.45, 2.75) is 43.0 Å². The SMILES string of the molecule is CCc1cccc2sc(N(Cc3cccnc3)C(=O)C3CCCN3S(=O)(=O)c3cccs3)nc12. The second-order valence-corrected chi connectivity index (χ2v) is 12.2. The van der Waals surface area contributed by atoms with Crippen LogP contribution < -0.4 is 4.90 Å². The Morgan fingerprint density at radius 3 is 2.82 bits per heavy atom. The van der Waals surface area contributed by atoms with Gasteiger partial charge in [-0.15, -0.1) is 11.3 Å². The van der Waals surface area contributed by atoms with E-state index in [0.29, 0.717) is 24.5 Å². The lowest BCUT2D eigenvalue weighted by molar-refractivity contribution is -0.121. The smallest absolute Gasteiger partial charge is 0.253 e. The fourth-order valence-corrected chi connectivity index (χ4v) is 8.08. The van der Waals surface area contributed by atoms with Crippen LogP contribution in [0.15, 0.2) is 64.4 Å².